The Bertz CT molecular complexity index is 269. The molecule has 0 rings (SSSR count). The lowest BCUT2D eigenvalue weighted by Gasteiger charge is -2.32. The number of unbranched alkanes of at least 4 members (excludes halogenated alkanes) is 6. The van der Waals surface area contributed by atoms with Gasteiger partial charge in [0.1, 0.15) is 5.88 Å². The molecule has 2 nitrogen and oxygen atoms in total. The summed E-state index contributed by atoms with van der Waals surface area (Å²) in [7, 11) is 1.87. The summed E-state index contributed by atoms with van der Waals surface area (Å²) in [4.78, 5) is 13.4. The highest BCUT2D eigenvalue weighted by atomic mass is 35.5. The van der Waals surface area contributed by atoms with E-state index in [1.807, 2.05) is 7.05 Å². The molecule has 0 radical (unpaired) electrons. The van der Waals surface area contributed by atoms with Crippen LogP contribution in [0.5, 0.6) is 0 Å². The minimum atomic E-state index is 0.0426. The maximum Gasteiger partial charge on any atom is 0.237 e. The van der Waals surface area contributed by atoms with Gasteiger partial charge < -0.3 is 4.90 Å². The van der Waals surface area contributed by atoms with E-state index in [4.69, 9.17) is 11.6 Å². The van der Waals surface area contributed by atoms with Gasteiger partial charge in [-0.15, -0.1) is 11.6 Å². The van der Waals surface area contributed by atoms with Crippen molar-refractivity contribution in [1.82, 2.24) is 4.90 Å². The van der Waals surface area contributed by atoms with Gasteiger partial charge in [0, 0.05) is 13.6 Å². The molecule has 0 bridgehead atoms. The van der Waals surface area contributed by atoms with Crippen LogP contribution in [0.4, 0.5) is 0 Å². The third kappa shape index (κ3) is 10.5. The maximum absolute atomic E-state index is 11.6. The second kappa shape index (κ2) is 13.2. The third-order valence-corrected chi connectivity index (χ3v) is 5.09. The van der Waals surface area contributed by atoms with E-state index in [0.717, 1.165) is 13.0 Å². The first-order valence-corrected chi connectivity index (χ1v) is 9.82. The van der Waals surface area contributed by atoms with Gasteiger partial charge >= 0.3 is 0 Å². The lowest BCUT2D eigenvalue weighted by atomic mass is 9.77. The van der Waals surface area contributed by atoms with Gasteiger partial charge in [-0.25, -0.2) is 0 Å². The third-order valence-electron chi connectivity index (χ3n) is 4.86. The van der Waals surface area contributed by atoms with E-state index in [1.54, 1.807) is 4.90 Å². The number of nitrogens with zero attached hydrogens (tertiary/aromatic N) is 1. The molecule has 0 heterocycles. The van der Waals surface area contributed by atoms with Crippen LogP contribution in [-0.4, -0.2) is 30.3 Å². The topological polar surface area (TPSA) is 20.3 Å². The molecule has 0 aliphatic heterocycles. The molecular formula is C19H38ClNO. The van der Waals surface area contributed by atoms with E-state index in [9.17, 15) is 4.79 Å². The van der Waals surface area contributed by atoms with Crippen LogP contribution < -0.4 is 0 Å². The van der Waals surface area contributed by atoms with Gasteiger partial charge in [-0.2, -0.15) is 0 Å². The van der Waals surface area contributed by atoms with Crippen molar-refractivity contribution < 1.29 is 4.79 Å². The highest BCUT2D eigenvalue weighted by Gasteiger charge is 2.24. The molecule has 3 heteroatoms. The first-order valence-electron chi connectivity index (χ1n) is 9.29. The van der Waals surface area contributed by atoms with Crippen molar-refractivity contribution in [2.24, 2.45) is 5.41 Å². The van der Waals surface area contributed by atoms with Crippen LogP contribution in [0.3, 0.4) is 0 Å². The molecule has 0 N–H and O–H groups in total. The number of amides is 1. The molecule has 132 valence electrons. The molecule has 22 heavy (non-hydrogen) atoms. The van der Waals surface area contributed by atoms with Gasteiger partial charge in [0.05, 0.1) is 0 Å². The lowest BCUT2D eigenvalue weighted by molar-refractivity contribution is -0.127. The van der Waals surface area contributed by atoms with Gasteiger partial charge in [0.25, 0.3) is 0 Å². The number of hydrogen-bond acceptors (Lipinski definition) is 1. The number of carbonyl (C=O) groups excluding carboxylic acids is 1. The molecule has 0 aromatic heterocycles. The molecule has 1 amide bonds. The molecule has 0 aliphatic rings. The van der Waals surface area contributed by atoms with E-state index in [1.165, 1.54) is 64.2 Å². The Morgan fingerprint density at radius 3 is 1.82 bits per heavy atom. The normalized spacial score (nSPS) is 11.7. The van der Waals surface area contributed by atoms with Crippen molar-refractivity contribution in [2.75, 3.05) is 19.5 Å². The van der Waals surface area contributed by atoms with E-state index >= 15 is 0 Å². The first kappa shape index (κ1) is 21.8. The van der Waals surface area contributed by atoms with E-state index in [0.29, 0.717) is 5.41 Å². The van der Waals surface area contributed by atoms with Crippen LogP contribution >= 0.6 is 11.6 Å². The van der Waals surface area contributed by atoms with Crippen LogP contribution in [0.15, 0.2) is 0 Å². The molecular weight excluding hydrogens is 294 g/mol. The van der Waals surface area contributed by atoms with Crippen LogP contribution in [0.1, 0.15) is 91.4 Å². The zero-order valence-electron chi connectivity index (χ0n) is 15.4. The van der Waals surface area contributed by atoms with Gasteiger partial charge in [0.2, 0.25) is 5.91 Å². The summed E-state index contributed by atoms with van der Waals surface area (Å²) in [6, 6.07) is 0. The summed E-state index contributed by atoms with van der Waals surface area (Å²) < 4.78 is 0. The second-order valence-corrected chi connectivity index (χ2v) is 7.40. The van der Waals surface area contributed by atoms with Gasteiger partial charge in [0.15, 0.2) is 0 Å². The number of rotatable bonds is 14. The van der Waals surface area contributed by atoms with Crippen LogP contribution in [0.25, 0.3) is 0 Å². The summed E-state index contributed by atoms with van der Waals surface area (Å²) in [5, 5.41) is 0. The minimum absolute atomic E-state index is 0.0426. The predicted molar refractivity (Wildman–Crippen MR) is 98.6 cm³/mol. The molecule has 0 aromatic carbocycles. The summed E-state index contributed by atoms with van der Waals surface area (Å²) in [5.74, 6) is 0.140. The fraction of sp³-hybridized carbons (Fsp3) is 0.947. The van der Waals surface area contributed by atoms with Crippen molar-refractivity contribution in [3.05, 3.63) is 0 Å². The number of hydrogen-bond donors (Lipinski definition) is 0. The van der Waals surface area contributed by atoms with Crippen molar-refractivity contribution >= 4 is 17.5 Å². The highest BCUT2D eigenvalue weighted by molar-refractivity contribution is 6.27. The Labute approximate surface area is 144 Å². The first-order chi connectivity index (χ1) is 10.5. The summed E-state index contributed by atoms with van der Waals surface area (Å²) in [6.45, 7) is 7.78. The Kier molecular flexibility index (Phi) is 13.1. The van der Waals surface area contributed by atoms with E-state index in [2.05, 4.69) is 20.8 Å². The SMILES string of the molecule is CCCCCCC(C)(CCCCCC)CCN(C)C(=O)CCl. The quantitative estimate of drug-likeness (QED) is 0.281. The van der Waals surface area contributed by atoms with Gasteiger partial charge in [-0.05, 0) is 24.7 Å². The number of alkyl halides is 1. The molecule has 0 saturated carbocycles. The smallest absolute Gasteiger partial charge is 0.237 e. The predicted octanol–water partition coefficient (Wildman–Crippen LogP) is 6.02. The average molecular weight is 332 g/mol. The molecule has 0 spiro atoms. The number of halogens is 1. The summed E-state index contributed by atoms with van der Waals surface area (Å²) >= 11 is 5.64. The van der Waals surface area contributed by atoms with Crippen LogP contribution in [0.2, 0.25) is 0 Å². The Morgan fingerprint density at radius 2 is 1.41 bits per heavy atom. The fourth-order valence-corrected chi connectivity index (χ4v) is 3.20. The zero-order valence-corrected chi connectivity index (χ0v) is 16.2. The largest absolute Gasteiger partial charge is 0.345 e. The van der Waals surface area contributed by atoms with Crippen molar-refractivity contribution in [1.29, 1.82) is 0 Å². The molecule has 0 fully saturated rings. The van der Waals surface area contributed by atoms with E-state index in [-0.39, 0.29) is 11.8 Å². The molecule has 0 aliphatic carbocycles. The van der Waals surface area contributed by atoms with Crippen LogP contribution in [0, 0.1) is 5.41 Å². The summed E-state index contributed by atoms with van der Waals surface area (Å²) in [5.41, 5.74) is 0.377. The molecule has 0 saturated heterocycles. The molecule has 0 atom stereocenters. The maximum atomic E-state index is 11.6. The monoisotopic (exact) mass is 331 g/mol. The average Bonchev–Trinajstić information content (AvgIpc) is 2.53. The lowest BCUT2D eigenvalue weighted by Crippen LogP contribution is -2.32. The zero-order chi connectivity index (χ0) is 16.8. The van der Waals surface area contributed by atoms with Gasteiger partial charge in [-0.1, -0.05) is 72.1 Å². The minimum Gasteiger partial charge on any atom is -0.345 e. The van der Waals surface area contributed by atoms with Crippen molar-refractivity contribution in [2.45, 2.75) is 91.4 Å². The Morgan fingerprint density at radius 1 is 0.909 bits per heavy atom. The highest BCUT2D eigenvalue weighted by Crippen LogP contribution is 2.35. The van der Waals surface area contributed by atoms with Gasteiger partial charge in [-0.3, -0.25) is 4.79 Å². The second-order valence-electron chi connectivity index (χ2n) is 7.13. The number of carbonyl (C=O) groups is 1. The van der Waals surface area contributed by atoms with Crippen molar-refractivity contribution in [3.63, 3.8) is 0 Å². The van der Waals surface area contributed by atoms with E-state index < -0.39 is 0 Å². The standard InChI is InChI=1S/C19H38ClNO/c1-5-7-9-11-13-19(3,14-12-10-8-6-2)15-16-21(4)18(22)17-20/h5-17H2,1-4H3. The Balaban J connectivity index is 4.32. The molecule has 0 unspecified atom stereocenters. The van der Waals surface area contributed by atoms with Crippen LogP contribution in [-0.2, 0) is 4.79 Å². The Hall–Kier alpha value is -0.240. The van der Waals surface area contributed by atoms with Crippen molar-refractivity contribution in [3.8, 4) is 0 Å². The molecule has 0 aromatic rings. The summed E-state index contributed by atoms with van der Waals surface area (Å²) in [6.07, 6.45) is 14.3. The fourth-order valence-electron chi connectivity index (χ4n) is 3.00.